The zero-order chi connectivity index (χ0) is 25.4. The fourth-order valence-electron chi connectivity index (χ4n) is 5.09. The molecule has 3 aromatic rings. The number of primary amides is 1. The molecular weight excluding hydrogens is 465 g/mol. The van der Waals surface area contributed by atoms with Crippen LogP contribution in [0.4, 0.5) is 19.7 Å². The lowest BCUT2D eigenvalue weighted by Gasteiger charge is -2.41. The number of aromatic amines is 1. The van der Waals surface area contributed by atoms with Crippen molar-refractivity contribution in [1.82, 2.24) is 25.3 Å². The molecule has 1 aromatic heterocycles. The number of amides is 5. The highest BCUT2D eigenvalue weighted by Gasteiger charge is 2.35. The summed E-state index contributed by atoms with van der Waals surface area (Å²) in [4.78, 5) is 41.3. The number of nitrogens with two attached hydrogens (primary N) is 1. The van der Waals surface area contributed by atoms with Crippen molar-refractivity contribution in [3.05, 3.63) is 59.0 Å². The Morgan fingerprint density at radius 1 is 1.33 bits per heavy atom. The average molecular weight is 494 g/mol. The number of urea groups is 2. The van der Waals surface area contributed by atoms with Gasteiger partial charge in [-0.15, -0.1) is 0 Å². The maximum Gasteiger partial charge on any atom is 0.322 e. The number of hydrogen-bond donors (Lipinski definition) is 4. The number of nitrogens with one attached hydrogen (secondary N) is 3. The molecule has 2 atom stereocenters. The molecule has 0 aliphatic carbocycles. The van der Waals surface area contributed by atoms with Gasteiger partial charge in [0.2, 0.25) is 5.91 Å². The number of halogens is 1. The van der Waals surface area contributed by atoms with Gasteiger partial charge < -0.3 is 26.2 Å². The quantitative estimate of drug-likeness (QED) is 0.434. The summed E-state index contributed by atoms with van der Waals surface area (Å²) in [7, 11) is 0. The molecule has 188 valence electrons. The van der Waals surface area contributed by atoms with Crippen LogP contribution in [0.3, 0.4) is 0 Å². The van der Waals surface area contributed by atoms with Crippen LogP contribution in [-0.2, 0) is 17.8 Å². The minimum Gasteiger partial charge on any atom is -0.368 e. The lowest BCUT2D eigenvalue weighted by Crippen LogP contribution is -2.57. The first-order chi connectivity index (χ1) is 17.3. The van der Waals surface area contributed by atoms with Crippen LogP contribution in [0.15, 0.2) is 36.5 Å². The summed E-state index contributed by atoms with van der Waals surface area (Å²) < 4.78 is 14.1. The Morgan fingerprint density at radius 2 is 2.17 bits per heavy atom. The molecule has 0 spiro atoms. The third-order valence-corrected chi connectivity index (χ3v) is 6.94. The second-order valence-electron chi connectivity index (χ2n) is 9.43. The van der Waals surface area contributed by atoms with Crippen LogP contribution >= 0.6 is 0 Å². The second-order valence-corrected chi connectivity index (χ2v) is 9.43. The summed E-state index contributed by atoms with van der Waals surface area (Å²) in [6.45, 7) is 3.00. The normalized spacial score (nSPS) is 18.5. The third-order valence-electron chi connectivity index (χ3n) is 6.94. The molecule has 5 amide bonds. The smallest absolute Gasteiger partial charge is 0.322 e. The molecule has 0 saturated carbocycles. The summed E-state index contributed by atoms with van der Waals surface area (Å²) in [5.41, 5.74) is 9.29. The monoisotopic (exact) mass is 493 g/mol. The summed E-state index contributed by atoms with van der Waals surface area (Å²) >= 11 is 0. The number of benzene rings is 2. The first-order valence-corrected chi connectivity index (χ1v) is 11.9. The maximum absolute atomic E-state index is 14.1. The van der Waals surface area contributed by atoms with E-state index in [1.165, 1.54) is 6.07 Å². The number of likely N-dealkylation sites (tertiary alicyclic amines) is 1. The Morgan fingerprint density at radius 3 is 2.97 bits per heavy atom. The fourth-order valence-corrected chi connectivity index (χ4v) is 5.09. The van der Waals surface area contributed by atoms with Crippen molar-refractivity contribution in [2.45, 2.75) is 44.8 Å². The van der Waals surface area contributed by atoms with Crippen molar-refractivity contribution >= 4 is 34.6 Å². The van der Waals surface area contributed by atoms with Crippen LogP contribution in [0.2, 0.25) is 0 Å². The third kappa shape index (κ3) is 4.56. The van der Waals surface area contributed by atoms with Gasteiger partial charge in [-0.3, -0.25) is 9.89 Å². The van der Waals surface area contributed by atoms with Gasteiger partial charge in [-0.05, 0) is 48.6 Å². The molecule has 1 saturated heterocycles. The lowest BCUT2D eigenvalue weighted by molar-refractivity contribution is -0.119. The van der Waals surface area contributed by atoms with Gasteiger partial charge in [0, 0.05) is 31.4 Å². The molecule has 2 unspecified atom stereocenters. The second kappa shape index (κ2) is 9.48. The van der Waals surface area contributed by atoms with E-state index < -0.39 is 23.8 Å². The number of H-pyrrole nitrogens is 1. The van der Waals surface area contributed by atoms with Crippen molar-refractivity contribution in [3.8, 4) is 0 Å². The Kier molecular flexibility index (Phi) is 6.21. The molecule has 5 N–H and O–H groups in total. The zero-order valence-corrected chi connectivity index (χ0v) is 19.9. The number of aryl methyl sites for hydroxylation is 1. The van der Waals surface area contributed by atoms with Gasteiger partial charge in [-0.1, -0.05) is 18.2 Å². The molecule has 2 aliphatic rings. The van der Waals surface area contributed by atoms with Crippen molar-refractivity contribution < 1.29 is 18.8 Å². The summed E-state index contributed by atoms with van der Waals surface area (Å²) in [5, 5.41) is 13.3. The molecule has 2 aromatic carbocycles. The molecule has 2 aliphatic heterocycles. The fraction of sp³-hybridized carbons (Fsp3) is 0.360. The Hall–Kier alpha value is -4.15. The number of nitrogens with zero attached hydrogens (tertiary/aromatic N) is 3. The predicted molar refractivity (Wildman–Crippen MR) is 132 cm³/mol. The lowest BCUT2D eigenvalue weighted by atomic mass is 10.0. The van der Waals surface area contributed by atoms with Crippen molar-refractivity contribution in [1.29, 1.82) is 0 Å². The highest BCUT2D eigenvalue weighted by molar-refractivity contribution is 5.93. The van der Waals surface area contributed by atoms with Gasteiger partial charge in [0.25, 0.3) is 0 Å². The van der Waals surface area contributed by atoms with Gasteiger partial charge in [0.05, 0.1) is 23.4 Å². The Bertz CT molecular complexity index is 1340. The summed E-state index contributed by atoms with van der Waals surface area (Å²) in [5.74, 6) is -1.10. The first-order valence-electron chi connectivity index (χ1n) is 11.9. The summed E-state index contributed by atoms with van der Waals surface area (Å²) in [6.07, 6.45) is 3.36. The van der Waals surface area contributed by atoms with Crippen LogP contribution in [0.5, 0.6) is 0 Å². The van der Waals surface area contributed by atoms with E-state index in [-0.39, 0.29) is 30.7 Å². The number of para-hydroxylation sites is 1. The number of fused-ring (bicyclic) bond motifs is 2. The van der Waals surface area contributed by atoms with Crippen LogP contribution in [0.25, 0.3) is 10.9 Å². The standard InChI is InChI=1S/C25H28FN7O3/c1-14-8-15(9-17-11-28-31-21(14)17)10-20(23(27)34)29-24(35)32-7-3-5-18(13-32)33-12-16-4-2-6-19(26)22(16)30-25(33)36/h2,4,6,8-9,11,18,20H,3,5,7,10,12-13H2,1H3,(H2,27,34)(H,28,31)(H,29,35)(H,30,36). The van der Waals surface area contributed by atoms with Gasteiger partial charge in [0.1, 0.15) is 11.9 Å². The number of carbonyl (C=O) groups is 3. The van der Waals surface area contributed by atoms with Gasteiger partial charge >= 0.3 is 12.1 Å². The average Bonchev–Trinajstić information content (AvgIpc) is 3.33. The highest BCUT2D eigenvalue weighted by Crippen LogP contribution is 2.29. The van der Waals surface area contributed by atoms with Crippen molar-refractivity contribution in [3.63, 3.8) is 0 Å². The first kappa shape index (κ1) is 23.6. The Labute approximate surface area is 207 Å². The van der Waals surface area contributed by atoms with E-state index in [0.29, 0.717) is 31.5 Å². The zero-order valence-electron chi connectivity index (χ0n) is 19.9. The van der Waals surface area contributed by atoms with E-state index in [2.05, 4.69) is 20.8 Å². The van der Waals surface area contributed by atoms with Crippen molar-refractivity contribution in [2.75, 3.05) is 18.4 Å². The summed E-state index contributed by atoms with van der Waals surface area (Å²) in [6, 6.07) is 6.63. The number of hydrogen-bond acceptors (Lipinski definition) is 4. The minimum atomic E-state index is -0.894. The molecule has 10 nitrogen and oxygen atoms in total. The van der Waals surface area contributed by atoms with E-state index in [1.54, 1.807) is 28.1 Å². The van der Waals surface area contributed by atoms with Crippen LogP contribution in [0.1, 0.15) is 29.5 Å². The highest BCUT2D eigenvalue weighted by atomic mass is 19.1. The van der Waals surface area contributed by atoms with E-state index in [1.807, 2.05) is 19.1 Å². The van der Waals surface area contributed by atoms with Gasteiger partial charge in [0.15, 0.2) is 0 Å². The SMILES string of the molecule is Cc1cc(CC(NC(=O)N2CCCC(N3Cc4cccc(F)c4NC3=O)C2)C(N)=O)cc2cn[nH]c12. The molecule has 0 radical (unpaired) electrons. The number of aromatic nitrogens is 2. The topological polar surface area (TPSA) is 136 Å². The van der Waals surface area contributed by atoms with E-state index in [4.69, 9.17) is 5.73 Å². The molecule has 3 heterocycles. The molecule has 0 bridgehead atoms. The Balaban J connectivity index is 1.26. The van der Waals surface area contributed by atoms with E-state index in [0.717, 1.165) is 22.0 Å². The minimum absolute atomic E-state index is 0.206. The molecule has 1 fully saturated rings. The molecular formula is C25H28FN7O3. The largest absolute Gasteiger partial charge is 0.368 e. The number of piperidine rings is 1. The molecule has 5 rings (SSSR count). The van der Waals surface area contributed by atoms with Gasteiger partial charge in [-0.2, -0.15) is 5.10 Å². The predicted octanol–water partition coefficient (Wildman–Crippen LogP) is 2.63. The molecule has 11 heteroatoms. The van der Waals surface area contributed by atoms with Crippen molar-refractivity contribution in [2.24, 2.45) is 5.73 Å². The molecule has 36 heavy (non-hydrogen) atoms. The number of anilines is 1. The van der Waals surface area contributed by atoms with Crippen LogP contribution in [-0.4, -0.2) is 63.1 Å². The number of carbonyl (C=O) groups excluding carboxylic acids is 3. The van der Waals surface area contributed by atoms with Crippen LogP contribution in [0, 0.1) is 12.7 Å². The number of rotatable bonds is 5. The van der Waals surface area contributed by atoms with E-state index in [9.17, 15) is 18.8 Å². The van der Waals surface area contributed by atoms with Gasteiger partial charge in [-0.25, -0.2) is 14.0 Å². The maximum atomic E-state index is 14.1. The van der Waals surface area contributed by atoms with E-state index >= 15 is 0 Å². The van der Waals surface area contributed by atoms with Crippen LogP contribution < -0.4 is 16.4 Å².